The molecule has 4 heteroatoms. The van der Waals surface area contributed by atoms with Crippen LogP contribution in [0.3, 0.4) is 0 Å². The van der Waals surface area contributed by atoms with Crippen molar-refractivity contribution in [2.75, 3.05) is 33.4 Å². The first kappa shape index (κ1) is 15.0. The molecule has 0 bridgehead atoms. The van der Waals surface area contributed by atoms with E-state index in [-0.39, 0.29) is 12.1 Å². The predicted octanol–water partition coefficient (Wildman–Crippen LogP) is 1.35. The highest BCUT2D eigenvalue weighted by Gasteiger charge is 2.40. The maximum atomic E-state index is 10.2. The average Bonchev–Trinajstić information content (AvgIpc) is 3.23. The fraction of sp³-hybridized carbons (Fsp3) is 0.647. The summed E-state index contributed by atoms with van der Waals surface area (Å²) in [6.45, 7) is 2.96. The Morgan fingerprint density at radius 1 is 1.29 bits per heavy atom. The van der Waals surface area contributed by atoms with E-state index in [1.165, 1.54) is 18.4 Å². The number of benzene rings is 1. The van der Waals surface area contributed by atoms with Crippen LogP contribution in [0.5, 0.6) is 0 Å². The molecule has 1 saturated carbocycles. The Hall–Kier alpha value is -0.940. The van der Waals surface area contributed by atoms with Gasteiger partial charge in [-0.15, -0.1) is 0 Å². The van der Waals surface area contributed by atoms with Crippen molar-refractivity contribution in [3.63, 3.8) is 0 Å². The molecule has 2 aliphatic rings. The number of nitrogens with zero attached hydrogens (tertiary/aromatic N) is 1. The maximum Gasteiger partial charge on any atom is 0.0800 e. The zero-order chi connectivity index (χ0) is 14.7. The maximum absolute atomic E-state index is 10.2. The molecule has 0 radical (unpaired) electrons. The van der Waals surface area contributed by atoms with Crippen LogP contribution in [0.2, 0.25) is 0 Å². The molecular formula is C17H26N2O2. The highest BCUT2D eigenvalue weighted by atomic mass is 16.5. The van der Waals surface area contributed by atoms with Gasteiger partial charge in [-0.2, -0.15) is 0 Å². The molecule has 21 heavy (non-hydrogen) atoms. The summed E-state index contributed by atoms with van der Waals surface area (Å²) in [6.07, 6.45) is 3.85. The van der Waals surface area contributed by atoms with Crippen molar-refractivity contribution in [2.45, 2.75) is 36.9 Å². The molecule has 3 rings (SSSR count). The van der Waals surface area contributed by atoms with Gasteiger partial charge in [0.15, 0.2) is 0 Å². The van der Waals surface area contributed by atoms with Gasteiger partial charge in [0.25, 0.3) is 0 Å². The lowest BCUT2D eigenvalue weighted by molar-refractivity contribution is 0.0864. The molecule has 2 N–H and O–H groups in total. The standard InChI is InChI=1S/C17H26N2O2/c1-21-16-9-10-19(11-16)12-17(13-20,18-15-7-8-15)14-5-3-2-4-6-14/h2-6,15-16,18,20H,7-13H2,1H3. The van der Waals surface area contributed by atoms with E-state index in [0.717, 1.165) is 26.1 Å². The number of rotatable bonds is 7. The second kappa shape index (κ2) is 6.44. The monoisotopic (exact) mass is 290 g/mol. The van der Waals surface area contributed by atoms with E-state index in [1.807, 2.05) is 6.07 Å². The molecule has 1 saturated heterocycles. The number of aliphatic hydroxyl groups is 1. The molecule has 2 unspecified atom stereocenters. The van der Waals surface area contributed by atoms with E-state index in [0.29, 0.717) is 12.1 Å². The van der Waals surface area contributed by atoms with Crippen molar-refractivity contribution >= 4 is 0 Å². The lowest BCUT2D eigenvalue weighted by Crippen LogP contribution is -2.54. The van der Waals surface area contributed by atoms with E-state index >= 15 is 0 Å². The molecule has 1 aromatic rings. The van der Waals surface area contributed by atoms with Crippen LogP contribution >= 0.6 is 0 Å². The Kier molecular flexibility index (Phi) is 4.60. The number of likely N-dealkylation sites (tertiary alicyclic amines) is 1. The molecule has 4 nitrogen and oxygen atoms in total. The summed E-state index contributed by atoms with van der Waals surface area (Å²) in [4.78, 5) is 2.41. The number of hydrogen-bond donors (Lipinski definition) is 2. The predicted molar refractivity (Wildman–Crippen MR) is 83.2 cm³/mol. The lowest BCUT2D eigenvalue weighted by atomic mass is 9.89. The van der Waals surface area contributed by atoms with Gasteiger partial charge in [0.05, 0.1) is 18.2 Å². The Balaban J connectivity index is 1.78. The quantitative estimate of drug-likeness (QED) is 0.795. The van der Waals surface area contributed by atoms with Crippen LogP contribution in [0.25, 0.3) is 0 Å². The molecule has 0 spiro atoms. The first-order valence-corrected chi connectivity index (χ1v) is 7.95. The van der Waals surface area contributed by atoms with Gasteiger partial charge in [0.1, 0.15) is 0 Å². The van der Waals surface area contributed by atoms with E-state index in [2.05, 4.69) is 34.5 Å². The molecule has 1 heterocycles. The molecule has 1 aliphatic carbocycles. The van der Waals surface area contributed by atoms with Crippen LogP contribution in [-0.4, -0.2) is 55.5 Å². The molecule has 0 aromatic heterocycles. The zero-order valence-electron chi connectivity index (χ0n) is 12.8. The van der Waals surface area contributed by atoms with Crippen LogP contribution in [-0.2, 0) is 10.3 Å². The van der Waals surface area contributed by atoms with Gasteiger partial charge in [0, 0.05) is 32.8 Å². The van der Waals surface area contributed by atoms with Gasteiger partial charge in [0.2, 0.25) is 0 Å². The summed E-state index contributed by atoms with van der Waals surface area (Å²) < 4.78 is 5.46. The largest absolute Gasteiger partial charge is 0.394 e. The van der Waals surface area contributed by atoms with Crippen LogP contribution < -0.4 is 5.32 Å². The number of ether oxygens (including phenoxy) is 1. The van der Waals surface area contributed by atoms with Crippen LogP contribution in [0.15, 0.2) is 30.3 Å². The van der Waals surface area contributed by atoms with E-state index in [4.69, 9.17) is 4.74 Å². The van der Waals surface area contributed by atoms with Gasteiger partial charge in [-0.1, -0.05) is 30.3 Å². The minimum atomic E-state index is -0.356. The molecule has 1 aromatic carbocycles. The van der Waals surface area contributed by atoms with Crippen molar-refractivity contribution < 1.29 is 9.84 Å². The first-order valence-electron chi connectivity index (χ1n) is 7.95. The second-order valence-electron chi connectivity index (χ2n) is 6.41. The zero-order valence-corrected chi connectivity index (χ0v) is 12.8. The van der Waals surface area contributed by atoms with Crippen molar-refractivity contribution in [1.82, 2.24) is 10.2 Å². The van der Waals surface area contributed by atoms with Gasteiger partial charge in [-0.25, -0.2) is 0 Å². The third-order valence-electron chi connectivity index (χ3n) is 4.71. The van der Waals surface area contributed by atoms with E-state index in [1.54, 1.807) is 7.11 Å². The van der Waals surface area contributed by atoms with Crippen molar-refractivity contribution in [3.05, 3.63) is 35.9 Å². The van der Waals surface area contributed by atoms with Gasteiger partial charge >= 0.3 is 0 Å². The highest BCUT2D eigenvalue weighted by molar-refractivity contribution is 5.26. The summed E-state index contributed by atoms with van der Waals surface area (Å²) in [6, 6.07) is 10.9. The minimum absolute atomic E-state index is 0.127. The molecule has 1 aliphatic heterocycles. The summed E-state index contributed by atoms with van der Waals surface area (Å²) in [5, 5.41) is 13.9. The number of nitrogens with one attached hydrogen (secondary N) is 1. The number of aliphatic hydroxyl groups excluding tert-OH is 1. The molecular weight excluding hydrogens is 264 g/mol. The van der Waals surface area contributed by atoms with Crippen LogP contribution in [0, 0.1) is 0 Å². The first-order chi connectivity index (χ1) is 10.3. The minimum Gasteiger partial charge on any atom is -0.394 e. The lowest BCUT2D eigenvalue weighted by Gasteiger charge is -2.37. The fourth-order valence-electron chi connectivity index (χ4n) is 3.30. The van der Waals surface area contributed by atoms with Crippen molar-refractivity contribution in [2.24, 2.45) is 0 Å². The van der Waals surface area contributed by atoms with Crippen LogP contribution in [0.1, 0.15) is 24.8 Å². The van der Waals surface area contributed by atoms with Gasteiger partial charge < -0.3 is 15.2 Å². The molecule has 116 valence electrons. The summed E-state index contributed by atoms with van der Waals surface area (Å²) in [5.41, 5.74) is 0.825. The van der Waals surface area contributed by atoms with Crippen LogP contribution in [0.4, 0.5) is 0 Å². The Morgan fingerprint density at radius 3 is 2.62 bits per heavy atom. The van der Waals surface area contributed by atoms with Crippen molar-refractivity contribution in [1.29, 1.82) is 0 Å². The SMILES string of the molecule is COC1CCN(CC(CO)(NC2CC2)c2ccccc2)C1. The third-order valence-corrected chi connectivity index (χ3v) is 4.71. The molecule has 2 atom stereocenters. The average molecular weight is 290 g/mol. The summed E-state index contributed by atoms with van der Waals surface area (Å²) in [5.74, 6) is 0. The third kappa shape index (κ3) is 3.46. The van der Waals surface area contributed by atoms with Gasteiger partial charge in [-0.3, -0.25) is 4.90 Å². The molecule has 0 amide bonds. The van der Waals surface area contributed by atoms with Gasteiger partial charge in [-0.05, 0) is 24.8 Å². The summed E-state index contributed by atoms with van der Waals surface area (Å²) >= 11 is 0. The number of methoxy groups -OCH3 is 1. The Labute approximate surface area is 127 Å². The van der Waals surface area contributed by atoms with E-state index in [9.17, 15) is 5.11 Å². The smallest absolute Gasteiger partial charge is 0.0800 e. The highest BCUT2D eigenvalue weighted by Crippen LogP contribution is 2.30. The summed E-state index contributed by atoms with van der Waals surface area (Å²) in [7, 11) is 1.78. The topological polar surface area (TPSA) is 44.7 Å². The normalized spacial score (nSPS) is 25.9. The van der Waals surface area contributed by atoms with E-state index < -0.39 is 0 Å². The molecule has 2 fully saturated rings. The van der Waals surface area contributed by atoms with Crippen molar-refractivity contribution in [3.8, 4) is 0 Å². The number of hydrogen-bond acceptors (Lipinski definition) is 4. The Bertz CT molecular complexity index is 449. The Morgan fingerprint density at radius 2 is 2.05 bits per heavy atom. The second-order valence-corrected chi connectivity index (χ2v) is 6.41. The fourth-order valence-corrected chi connectivity index (χ4v) is 3.30.